The zero-order valence-electron chi connectivity index (χ0n) is 10.3. The highest BCUT2D eigenvalue weighted by Gasteiger charge is 2.16. The number of rotatable bonds is 4. The highest BCUT2D eigenvalue weighted by Crippen LogP contribution is 2.24. The Balaban J connectivity index is 2.19. The molecule has 8 nitrogen and oxygen atoms in total. The number of carbonyl (C=O) groups is 2. The Morgan fingerprint density at radius 3 is 2.52 bits per heavy atom. The van der Waals surface area contributed by atoms with Gasteiger partial charge in [-0.15, -0.1) is 0 Å². The molecule has 2 rings (SSSR count). The summed E-state index contributed by atoms with van der Waals surface area (Å²) in [7, 11) is 0. The van der Waals surface area contributed by atoms with Gasteiger partial charge < -0.3 is 20.5 Å². The fourth-order valence-electron chi connectivity index (χ4n) is 1.56. The third kappa shape index (κ3) is 3.26. The lowest BCUT2D eigenvalue weighted by Crippen LogP contribution is -2.13. The molecule has 0 aliphatic carbocycles. The summed E-state index contributed by atoms with van der Waals surface area (Å²) in [6.07, 6.45) is 0. The van der Waals surface area contributed by atoms with Gasteiger partial charge in [0.2, 0.25) is 0 Å². The maximum Gasteiger partial charge on any atom is 0.335 e. The minimum Gasteiger partial charge on any atom is -0.478 e. The number of aromatic nitrogens is 1. The quantitative estimate of drug-likeness (QED) is 0.575. The third-order valence-corrected chi connectivity index (χ3v) is 3.23. The lowest BCUT2D eigenvalue weighted by Gasteiger charge is -2.06. The molecule has 2 aromatic rings. The number of anilines is 1. The SMILES string of the molecule is O=C(O)c1ccc(NC(=O)c2ccc([N+](=O)[O-])[nH]2)c(Br)c1. The predicted octanol–water partition coefficient (Wildman–Crippen LogP) is 2.64. The molecule has 0 spiro atoms. The highest BCUT2D eigenvalue weighted by molar-refractivity contribution is 9.10. The van der Waals surface area contributed by atoms with Crippen molar-refractivity contribution in [2.45, 2.75) is 0 Å². The Morgan fingerprint density at radius 2 is 2.00 bits per heavy atom. The first-order valence-corrected chi connectivity index (χ1v) is 6.35. The van der Waals surface area contributed by atoms with Gasteiger partial charge in [0.1, 0.15) is 0 Å². The van der Waals surface area contributed by atoms with E-state index in [1.165, 1.54) is 30.3 Å². The number of amides is 1. The van der Waals surface area contributed by atoms with E-state index in [0.29, 0.717) is 10.2 Å². The van der Waals surface area contributed by atoms with E-state index in [0.717, 1.165) is 0 Å². The Hall–Kier alpha value is -2.68. The second-order valence-electron chi connectivity index (χ2n) is 3.97. The largest absolute Gasteiger partial charge is 0.478 e. The fourth-order valence-corrected chi connectivity index (χ4v) is 2.04. The summed E-state index contributed by atoms with van der Waals surface area (Å²) in [6, 6.07) is 6.56. The summed E-state index contributed by atoms with van der Waals surface area (Å²) < 4.78 is 0.386. The van der Waals surface area contributed by atoms with Crippen LogP contribution in [0.1, 0.15) is 20.8 Å². The van der Waals surface area contributed by atoms with Crippen molar-refractivity contribution in [3.8, 4) is 0 Å². The van der Waals surface area contributed by atoms with Gasteiger partial charge >= 0.3 is 11.8 Å². The Bertz CT molecular complexity index is 740. The molecule has 1 amide bonds. The molecule has 108 valence electrons. The van der Waals surface area contributed by atoms with Gasteiger partial charge in [-0.2, -0.15) is 0 Å². The van der Waals surface area contributed by atoms with Gasteiger partial charge in [-0.05, 0) is 45.1 Å². The van der Waals surface area contributed by atoms with Gasteiger partial charge in [0.25, 0.3) is 5.91 Å². The van der Waals surface area contributed by atoms with Crippen molar-refractivity contribution in [1.29, 1.82) is 0 Å². The van der Waals surface area contributed by atoms with E-state index in [4.69, 9.17) is 5.11 Å². The topological polar surface area (TPSA) is 125 Å². The van der Waals surface area contributed by atoms with E-state index in [1.54, 1.807) is 0 Å². The molecule has 1 aromatic heterocycles. The van der Waals surface area contributed by atoms with Crippen LogP contribution in [0.4, 0.5) is 11.5 Å². The molecule has 0 bridgehead atoms. The van der Waals surface area contributed by atoms with E-state index >= 15 is 0 Å². The molecule has 0 unspecified atom stereocenters. The number of carbonyl (C=O) groups excluding carboxylic acids is 1. The molecule has 1 aromatic carbocycles. The number of nitrogens with one attached hydrogen (secondary N) is 2. The van der Waals surface area contributed by atoms with Crippen LogP contribution in [-0.2, 0) is 0 Å². The molecule has 0 fully saturated rings. The third-order valence-electron chi connectivity index (χ3n) is 2.58. The van der Waals surface area contributed by atoms with Crippen LogP contribution in [0.25, 0.3) is 0 Å². The Labute approximate surface area is 126 Å². The fraction of sp³-hybridized carbons (Fsp3) is 0. The van der Waals surface area contributed by atoms with E-state index in [9.17, 15) is 19.7 Å². The number of benzene rings is 1. The molecule has 3 N–H and O–H groups in total. The minimum absolute atomic E-state index is 0.0240. The predicted molar refractivity (Wildman–Crippen MR) is 76.5 cm³/mol. The van der Waals surface area contributed by atoms with Crippen molar-refractivity contribution < 1.29 is 19.6 Å². The van der Waals surface area contributed by atoms with Crippen LogP contribution < -0.4 is 5.32 Å². The molecular weight excluding hydrogens is 346 g/mol. The Morgan fingerprint density at radius 1 is 1.29 bits per heavy atom. The number of H-pyrrole nitrogens is 1. The molecule has 0 aliphatic heterocycles. The maximum atomic E-state index is 11.9. The van der Waals surface area contributed by atoms with Crippen LogP contribution in [0.15, 0.2) is 34.8 Å². The number of aromatic carboxylic acids is 1. The van der Waals surface area contributed by atoms with Crippen molar-refractivity contribution in [1.82, 2.24) is 4.98 Å². The number of halogens is 1. The number of aromatic amines is 1. The van der Waals surface area contributed by atoms with Gasteiger partial charge in [-0.3, -0.25) is 4.79 Å². The van der Waals surface area contributed by atoms with Crippen LogP contribution in [0.2, 0.25) is 0 Å². The van der Waals surface area contributed by atoms with Crippen LogP contribution >= 0.6 is 15.9 Å². The van der Waals surface area contributed by atoms with Gasteiger partial charge in [0, 0.05) is 10.5 Å². The zero-order chi connectivity index (χ0) is 15.6. The van der Waals surface area contributed by atoms with Crippen molar-refractivity contribution in [2.24, 2.45) is 0 Å². The second kappa shape index (κ2) is 5.75. The van der Waals surface area contributed by atoms with Crippen molar-refractivity contribution in [3.05, 3.63) is 56.2 Å². The average Bonchev–Trinajstić information content (AvgIpc) is 2.90. The molecule has 0 aliphatic rings. The molecule has 0 radical (unpaired) electrons. The zero-order valence-corrected chi connectivity index (χ0v) is 11.9. The molecule has 1 heterocycles. The number of hydrogen-bond acceptors (Lipinski definition) is 4. The van der Waals surface area contributed by atoms with E-state index in [1.807, 2.05) is 0 Å². The van der Waals surface area contributed by atoms with Gasteiger partial charge in [0.15, 0.2) is 5.69 Å². The average molecular weight is 354 g/mol. The normalized spacial score (nSPS) is 10.1. The van der Waals surface area contributed by atoms with E-state index in [-0.39, 0.29) is 17.1 Å². The number of carboxylic acid groups (broad SMARTS) is 1. The number of hydrogen-bond donors (Lipinski definition) is 3. The first-order valence-electron chi connectivity index (χ1n) is 5.56. The standard InChI is InChI=1S/C12H8BrN3O5/c13-7-5-6(12(18)19)1-2-8(7)15-11(17)9-3-4-10(14-9)16(20)21/h1-5,14H,(H,15,17)(H,18,19). The number of carboxylic acids is 1. The van der Waals surface area contributed by atoms with Crippen molar-refractivity contribution in [2.75, 3.05) is 5.32 Å². The molecule has 9 heteroatoms. The van der Waals surface area contributed by atoms with E-state index in [2.05, 4.69) is 26.2 Å². The van der Waals surface area contributed by atoms with Crippen LogP contribution in [0, 0.1) is 10.1 Å². The summed E-state index contributed by atoms with van der Waals surface area (Å²) in [5.74, 6) is -1.96. The lowest BCUT2D eigenvalue weighted by molar-refractivity contribution is -0.389. The summed E-state index contributed by atoms with van der Waals surface area (Å²) in [5, 5.41) is 21.9. The van der Waals surface area contributed by atoms with Crippen LogP contribution in [0.3, 0.4) is 0 Å². The van der Waals surface area contributed by atoms with Crippen molar-refractivity contribution >= 4 is 39.3 Å². The minimum atomic E-state index is -1.09. The summed E-state index contributed by atoms with van der Waals surface area (Å²) in [4.78, 5) is 35.0. The van der Waals surface area contributed by atoms with Crippen molar-refractivity contribution in [3.63, 3.8) is 0 Å². The molecule has 0 atom stereocenters. The maximum absolute atomic E-state index is 11.9. The first kappa shape index (κ1) is 14.7. The monoisotopic (exact) mass is 353 g/mol. The Kier molecular flexibility index (Phi) is 4.03. The lowest BCUT2D eigenvalue weighted by atomic mass is 10.2. The molecule has 0 saturated carbocycles. The summed E-state index contributed by atoms with van der Waals surface area (Å²) in [6.45, 7) is 0. The molecule has 0 saturated heterocycles. The van der Waals surface area contributed by atoms with Gasteiger partial charge in [-0.1, -0.05) is 0 Å². The summed E-state index contributed by atoms with van der Waals surface area (Å²) >= 11 is 3.15. The van der Waals surface area contributed by atoms with Gasteiger partial charge in [0.05, 0.1) is 11.3 Å². The van der Waals surface area contributed by atoms with Crippen LogP contribution in [0.5, 0.6) is 0 Å². The molecular formula is C12H8BrN3O5. The number of nitro groups is 1. The molecule has 21 heavy (non-hydrogen) atoms. The van der Waals surface area contributed by atoms with Gasteiger partial charge in [-0.25, -0.2) is 9.78 Å². The smallest absolute Gasteiger partial charge is 0.335 e. The highest BCUT2D eigenvalue weighted by atomic mass is 79.9. The summed E-state index contributed by atoms with van der Waals surface area (Å²) in [5.41, 5.74) is 0.438. The van der Waals surface area contributed by atoms with E-state index < -0.39 is 16.8 Å². The van der Waals surface area contributed by atoms with Crippen LogP contribution in [-0.4, -0.2) is 26.9 Å². The second-order valence-corrected chi connectivity index (χ2v) is 4.82. The first-order chi connectivity index (χ1) is 9.88. The number of nitrogens with zero attached hydrogens (tertiary/aromatic N) is 1.